The first-order valence-corrected chi connectivity index (χ1v) is 2.39. The van der Waals surface area contributed by atoms with Crippen LogP contribution in [0.4, 0.5) is 0 Å². The van der Waals surface area contributed by atoms with Crippen molar-refractivity contribution in [3.63, 3.8) is 0 Å². The Bertz CT molecular complexity index is 21.6. The monoisotopic (exact) mass is 197 g/mol. The molecule has 2 nitrogen and oxygen atoms in total. The molecule has 0 aromatic heterocycles. The van der Waals surface area contributed by atoms with Gasteiger partial charge in [-0.25, -0.2) is 0 Å². The Kier molecular flexibility index (Phi) is 31.0. The zero-order chi connectivity index (χ0) is 6.28. The molecule has 0 aliphatic carbocycles. The van der Waals surface area contributed by atoms with Crippen LogP contribution in [0.3, 0.4) is 0 Å². The molecule has 0 aliphatic heterocycles. The van der Waals surface area contributed by atoms with E-state index in [4.69, 9.17) is 5.11 Å². The van der Waals surface area contributed by atoms with E-state index in [1.807, 2.05) is 0 Å². The van der Waals surface area contributed by atoms with Crippen molar-refractivity contribution in [3.8, 4) is 0 Å². The van der Waals surface area contributed by atoms with Crippen molar-refractivity contribution in [1.82, 2.24) is 0 Å². The van der Waals surface area contributed by atoms with Gasteiger partial charge in [-0.2, -0.15) is 0 Å². The number of hydrogen-bond acceptors (Lipinski definition) is 2. The van der Waals surface area contributed by atoms with Gasteiger partial charge in [0.1, 0.15) is 0 Å². The summed E-state index contributed by atoms with van der Waals surface area (Å²) in [6.07, 6.45) is -0.417. The molecule has 49 valence electrons. The summed E-state index contributed by atoms with van der Waals surface area (Å²) in [5.74, 6) is 0. The van der Waals surface area contributed by atoms with E-state index in [2.05, 4.69) is 0 Å². The molecule has 0 aliphatic rings. The molecule has 0 aromatic rings. The topological polar surface area (TPSA) is 46.1 Å². The van der Waals surface area contributed by atoms with Gasteiger partial charge in [0.25, 0.3) is 0 Å². The Hall–Kier alpha value is 0.660. The van der Waals surface area contributed by atoms with Crippen LogP contribution < -0.4 is 10.2 Å². The van der Waals surface area contributed by atoms with Crippen LogP contribution >= 0.6 is 0 Å². The van der Waals surface area contributed by atoms with Crippen molar-refractivity contribution in [2.45, 2.75) is 26.9 Å². The molecular weight excluding hydrogens is 185 g/mol. The molecule has 0 rings (SSSR count). The van der Waals surface area contributed by atoms with Crippen LogP contribution in [0.25, 0.3) is 0 Å². The third kappa shape index (κ3) is 489. The smallest absolute Gasteiger partial charge is 0.855 e. The largest absolute Gasteiger partial charge is 2.00 e. The normalized spacial score (nSPS) is 6.75. The Morgan fingerprint density at radius 1 is 1.38 bits per heavy atom. The zero-order valence-corrected chi connectivity index (χ0v) is 7.75. The molecule has 0 unspecified atom stereocenters. The maximum absolute atomic E-state index is 9.53. The van der Waals surface area contributed by atoms with Crippen molar-refractivity contribution in [3.05, 3.63) is 0 Å². The fourth-order valence-corrected chi connectivity index (χ4v) is 0. The first-order chi connectivity index (χ1) is 3.15. The van der Waals surface area contributed by atoms with E-state index in [-0.39, 0.29) is 29.0 Å². The molecular formula is C5H12NbO2. The second-order valence-electron chi connectivity index (χ2n) is 1.34. The summed E-state index contributed by atoms with van der Waals surface area (Å²) >= 11 is 0. The van der Waals surface area contributed by atoms with Crippen molar-refractivity contribution < 1.29 is 32.6 Å². The van der Waals surface area contributed by atoms with Gasteiger partial charge in [-0.05, 0) is 0 Å². The predicted molar refractivity (Wildman–Crippen MR) is 25.7 cm³/mol. The molecule has 0 saturated carbocycles. The molecule has 0 N–H and O–H groups in total. The van der Waals surface area contributed by atoms with E-state index in [0.29, 0.717) is 0 Å². The molecule has 0 amide bonds. The van der Waals surface area contributed by atoms with E-state index in [1.165, 1.54) is 0 Å². The summed E-state index contributed by atoms with van der Waals surface area (Å²) in [5, 5.41) is 18.5. The van der Waals surface area contributed by atoms with Crippen LogP contribution in [0, 0.1) is 0 Å². The summed E-state index contributed by atoms with van der Waals surface area (Å²) in [7, 11) is 0. The minimum Gasteiger partial charge on any atom is -0.855 e. The molecule has 0 aromatic carbocycles. The van der Waals surface area contributed by atoms with Gasteiger partial charge in [0.2, 0.25) is 0 Å². The Labute approximate surface area is 66.4 Å². The minimum atomic E-state index is -0.417. The number of rotatable bonds is 0. The molecule has 0 heterocycles. The molecule has 0 fully saturated rings. The van der Waals surface area contributed by atoms with Crippen molar-refractivity contribution in [2.75, 3.05) is 6.61 Å². The van der Waals surface area contributed by atoms with Gasteiger partial charge in [0.05, 0.1) is 0 Å². The molecule has 0 saturated heterocycles. The molecule has 0 bridgehead atoms. The van der Waals surface area contributed by atoms with Crippen LogP contribution in [0.5, 0.6) is 0 Å². The molecule has 3 heteroatoms. The summed E-state index contributed by atoms with van der Waals surface area (Å²) in [6.45, 7) is 4.79. The predicted octanol–water partition coefficient (Wildman–Crippen LogP) is -0.881. The van der Waals surface area contributed by atoms with Gasteiger partial charge in [-0.1, -0.05) is 20.8 Å². The minimum absolute atomic E-state index is 0. The van der Waals surface area contributed by atoms with E-state index in [1.54, 1.807) is 20.8 Å². The van der Waals surface area contributed by atoms with E-state index in [0.717, 1.165) is 0 Å². The molecule has 0 spiro atoms. The maximum Gasteiger partial charge on any atom is 2.00 e. The van der Waals surface area contributed by atoms with Crippen LogP contribution in [-0.2, 0) is 22.4 Å². The van der Waals surface area contributed by atoms with E-state index in [9.17, 15) is 5.11 Å². The summed E-state index contributed by atoms with van der Waals surface area (Å²) in [4.78, 5) is 0. The van der Waals surface area contributed by atoms with Gasteiger partial charge >= 0.3 is 22.4 Å². The first-order valence-electron chi connectivity index (χ1n) is 2.39. The van der Waals surface area contributed by atoms with E-state index < -0.39 is 6.10 Å². The average molecular weight is 197 g/mol. The SMILES string of the molecule is CC(C)[O-].CC[O-].[Nb+2]. The Balaban J connectivity index is -0.0000000575. The van der Waals surface area contributed by atoms with Crippen LogP contribution in [0.15, 0.2) is 0 Å². The van der Waals surface area contributed by atoms with Crippen LogP contribution in [-0.4, -0.2) is 12.7 Å². The van der Waals surface area contributed by atoms with E-state index >= 15 is 0 Å². The van der Waals surface area contributed by atoms with Crippen molar-refractivity contribution in [1.29, 1.82) is 0 Å². The quantitative estimate of drug-likeness (QED) is 0.473. The van der Waals surface area contributed by atoms with Crippen molar-refractivity contribution >= 4 is 0 Å². The fourth-order valence-electron chi connectivity index (χ4n) is 0. The van der Waals surface area contributed by atoms with Crippen molar-refractivity contribution in [2.24, 2.45) is 0 Å². The van der Waals surface area contributed by atoms with Gasteiger partial charge in [-0.15, -0.1) is 12.7 Å². The summed E-state index contributed by atoms with van der Waals surface area (Å²) in [6, 6.07) is 0. The molecule has 8 heavy (non-hydrogen) atoms. The first kappa shape index (κ1) is 15.9. The maximum atomic E-state index is 9.53. The Morgan fingerprint density at radius 3 is 1.38 bits per heavy atom. The average Bonchev–Trinajstić information content (AvgIpc) is 1.33. The van der Waals surface area contributed by atoms with Gasteiger partial charge in [0, 0.05) is 0 Å². The third-order valence-electron chi connectivity index (χ3n) is 0. The van der Waals surface area contributed by atoms with Crippen LogP contribution in [0.2, 0.25) is 0 Å². The zero-order valence-electron chi connectivity index (χ0n) is 5.55. The second-order valence-corrected chi connectivity index (χ2v) is 1.34. The summed E-state index contributed by atoms with van der Waals surface area (Å²) in [5.41, 5.74) is 0. The summed E-state index contributed by atoms with van der Waals surface area (Å²) < 4.78 is 0. The Morgan fingerprint density at radius 2 is 1.38 bits per heavy atom. The van der Waals surface area contributed by atoms with Crippen LogP contribution in [0.1, 0.15) is 20.8 Å². The third-order valence-corrected chi connectivity index (χ3v) is 0. The standard InChI is InChI=1S/C3H7O.C2H5O.Nb/c1-3(2)4;1-2-3;/h3H,1-2H3;2H2,1H3;/q2*-1;+2. The second kappa shape index (κ2) is 15.6. The fraction of sp³-hybridized carbons (Fsp3) is 1.00. The van der Waals surface area contributed by atoms with Gasteiger partial charge in [0.15, 0.2) is 0 Å². The number of hydrogen-bond donors (Lipinski definition) is 0. The van der Waals surface area contributed by atoms with Gasteiger partial charge < -0.3 is 10.2 Å². The molecule has 1 radical (unpaired) electrons. The molecule has 0 atom stereocenters. The van der Waals surface area contributed by atoms with Gasteiger partial charge in [-0.3, -0.25) is 0 Å².